The second-order valence-electron chi connectivity index (χ2n) is 4.37. The maximum absolute atomic E-state index is 11.9. The third-order valence-electron chi connectivity index (χ3n) is 2.79. The number of hydrogen-bond acceptors (Lipinski definition) is 5. The first-order chi connectivity index (χ1) is 8.13. The van der Waals surface area contributed by atoms with Gasteiger partial charge in [-0.25, -0.2) is 0 Å². The Balaban J connectivity index is 2.03. The molecule has 1 atom stereocenters. The van der Waals surface area contributed by atoms with E-state index in [1.54, 1.807) is 19.2 Å². The minimum atomic E-state index is -0.291. The van der Waals surface area contributed by atoms with Crippen molar-refractivity contribution in [1.29, 1.82) is 0 Å². The van der Waals surface area contributed by atoms with Crippen LogP contribution in [0.15, 0.2) is 12.1 Å². The number of ether oxygens (including phenoxy) is 1. The molecular formula is C11H16N4O2. The van der Waals surface area contributed by atoms with Crippen molar-refractivity contribution in [3.63, 3.8) is 0 Å². The summed E-state index contributed by atoms with van der Waals surface area (Å²) >= 11 is 0. The van der Waals surface area contributed by atoms with Gasteiger partial charge in [-0.05, 0) is 25.5 Å². The molecule has 1 aliphatic rings. The van der Waals surface area contributed by atoms with E-state index in [1.807, 2.05) is 6.92 Å². The maximum Gasteiger partial charge on any atom is 0.272 e. The Morgan fingerprint density at radius 3 is 2.82 bits per heavy atom. The molecule has 1 fully saturated rings. The number of nitrogens with zero attached hydrogens (tertiary/aromatic N) is 2. The van der Waals surface area contributed by atoms with E-state index >= 15 is 0 Å². The van der Waals surface area contributed by atoms with Crippen molar-refractivity contribution < 1.29 is 9.53 Å². The molecule has 1 aromatic heterocycles. The third-order valence-corrected chi connectivity index (χ3v) is 2.79. The quantitative estimate of drug-likeness (QED) is 0.795. The van der Waals surface area contributed by atoms with Crippen LogP contribution < -0.4 is 10.6 Å². The molecule has 2 rings (SSSR count). The predicted octanol–water partition coefficient (Wildman–Crippen LogP) is 0.427. The van der Waals surface area contributed by atoms with Gasteiger partial charge in [0.1, 0.15) is 5.82 Å². The lowest BCUT2D eigenvalue weighted by atomic mass is 10.0. The minimum absolute atomic E-state index is 0.215. The molecule has 0 spiro atoms. The molecule has 0 aliphatic carbocycles. The van der Waals surface area contributed by atoms with Crippen LogP contribution in [0, 0.1) is 0 Å². The first-order valence-electron chi connectivity index (χ1n) is 5.55. The summed E-state index contributed by atoms with van der Waals surface area (Å²) in [5, 5.41) is 13.5. The van der Waals surface area contributed by atoms with Crippen LogP contribution in [0.5, 0.6) is 0 Å². The lowest BCUT2D eigenvalue weighted by molar-refractivity contribution is 0.0884. The van der Waals surface area contributed by atoms with Crippen LogP contribution in [0.2, 0.25) is 0 Å². The van der Waals surface area contributed by atoms with Crippen molar-refractivity contribution >= 4 is 11.7 Å². The van der Waals surface area contributed by atoms with Gasteiger partial charge in [0.25, 0.3) is 5.91 Å². The van der Waals surface area contributed by atoms with Crippen LogP contribution in [0.3, 0.4) is 0 Å². The Kier molecular flexibility index (Phi) is 3.23. The van der Waals surface area contributed by atoms with Crippen LogP contribution in [-0.4, -0.2) is 41.9 Å². The lowest BCUT2D eigenvalue weighted by Gasteiger charge is -2.22. The first-order valence-corrected chi connectivity index (χ1v) is 5.55. The number of carbonyl (C=O) groups is 1. The molecule has 1 aromatic rings. The summed E-state index contributed by atoms with van der Waals surface area (Å²) in [5.74, 6) is 0.421. The molecule has 2 N–H and O–H groups in total. The van der Waals surface area contributed by atoms with E-state index in [0.717, 1.165) is 6.42 Å². The zero-order chi connectivity index (χ0) is 12.3. The minimum Gasteiger partial charge on any atom is -0.379 e. The van der Waals surface area contributed by atoms with Gasteiger partial charge < -0.3 is 15.4 Å². The van der Waals surface area contributed by atoms with Crippen molar-refractivity contribution in [2.45, 2.75) is 18.9 Å². The zero-order valence-electron chi connectivity index (χ0n) is 9.99. The fourth-order valence-corrected chi connectivity index (χ4v) is 1.69. The molecule has 0 aromatic carbocycles. The van der Waals surface area contributed by atoms with Crippen LogP contribution in [0.25, 0.3) is 0 Å². The second kappa shape index (κ2) is 4.67. The molecule has 0 radical (unpaired) electrons. The van der Waals surface area contributed by atoms with E-state index in [4.69, 9.17) is 4.74 Å². The van der Waals surface area contributed by atoms with Gasteiger partial charge in [-0.3, -0.25) is 4.79 Å². The van der Waals surface area contributed by atoms with Crippen molar-refractivity contribution in [2.24, 2.45) is 0 Å². The lowest BCUT2D eigenvalue weighted by Crippen LogP contribution is -2.46. The SMILES string of the molecule is CNc1ccc(C(=O)NC2(C)CCOC2)nn1. The van der Waals surface area contributed by atoms with Crippen molar-refractivity contribution in [1.82, 2.24) is 15.5 Å². The smallest absolute Gasteiger partial charge is 0.272 e. The van der Waals surface area contributed by atoms with Crippen molar-refractivity contribution in [2.75, 3.05) is 25.6 Å². The van der Waals surface area contributed by atoms with E-state index in [0.29, 0.717) is 24.7 Å². The number of carbonyl (C=O) groups excluding carboxylic acids is 1. The van der Waals surface area contributed by atoms with Crippen molar-refractivity contribution in [3.8, 4) is 0 Å². The Bertz CT molecular complexity index is 398. The number of anilines is 1. The molecule has 0 saturated carbocycles. The van der Waals surface area contributed by atoms with Crippen LogP contribution in [0.1, 0.15) is 23.8 Å². The highest BCUT2D eigenvalue weighted by atomic mass is 16.5. The molecule has 17 heavy (non-hydrogen) atoms. The number of rotatable bonds is 3. The zero-order valence-corrected chi connectivity index (χ0v) is 9.99. The highest BCUT2D eigenvalue weighted by molar-refractivity contribution is 5.92. The summed E-state index contributed by atoms with van der Waals surface area (Å²) in [6, 6.07) is 3.36. The summed E-state index contributed by atoms with van der Waals surface area (Å²) in [6.07, 6.45) is 0.820. The predicted molar refractivity (Wildman–Crippen MR) is 62.9 cm³/mol. The highest BCUT2D eigenvalue weighted by Gasteiger charge is 2.31. The maximum atomic E-state index is 11.9. The van der Waals surface area contributed by atoms with Gasteiger partial charge in [0.05, 0.1) is 12.1 Å². The standard InChI is InChI=1S/C11H16N4O2/c1-11(5-6-17-7-11)13-10(16)8-3-4-9(12-2)15-14-8/h3-4H,5-7H2,1-2H3,(H,12,15)(H,13,16). The molecule has 1 amide bonds. The Morgan fingerprint density at radius 1 is 1.47 bits per heavy atom. The fraction of sp³-hybridized carbons (Fsp3) is 0.545. The number of hydrogen-bond donors (Lipinski definition) is 2. The topological polar surface area (TPSA) is 76.1 Å². The molecule has 2 heterocycles. The van der Waals surface area contributed by atoms with Gasteiger partial charge in [0.2, 0.25) is 0 Å². The average molecular weight is 236 g/mol. The summed E-state index contributed by atoms with van der Waals surface area (Å²) in [6.45, 7) is 3.19. The van der Waals surface area contributed by atoms with E-state index in [2.05, 4.69) is 20.8 Å². The van der Waals surface area contributed by atoms with Gasteiger partial charge in [0, 0.05) is 13.7 Å². The Labute approximate surface area is 99.8 Å². The van der Waals surface area contributed by atoms with E-state index in [-0.39, 0.29) is 11.4 Å². The fourth-order valence-electron chi connectivity index (χ4n) is 1.69. The molecule has 92 valence electrons. The van der Waals surface area contributed by atoms with Gasteiger partial charge in [0.15, 0.2) is 5.69 Å². The molecule has 1 saturated heterocycles. The third kappa shape index (κ3) is 2.71. The molecular weight excluding hydrogens is 220 g/mol. The molecule has 0 bridgehead atoms. The average Bonchev–Trinajstić information content (AvgIpc) is 2.76. The van der Waals surface area contributed by atoms with Gasteiger partial charge >= 0.3 is 0 Å². The van der Waals surface area contributed by atoms with Crippen LogP contribution in [-0.2, 0) is 4.74 Å². The molecule has 6 nitrogen and oxygen atoms in total. The highest BCUT2D eigenvalue weighted by Crippen LogP contribution is 2.17. The van der Waals surface area contributed by atoms with E-state index in [9.17, 15) is 4.79 Å². The summed E-state index contributed by atoms with van der Waals surface area (Å²) < 4.78 is 5.27. The second-order valence-corrected chi connectivity index (χ2v) is 4.37. The normalized spacial score (nSPS) is 23.4. The summed E-state index contributed by atoms with van der Waals surface area (Å²) in [4.78, 5) is 11.9. The van der Waals surface area contributed by atoms with E-state index < -0.39 is 0 Å². The molecule has 1 aliphatic heterocycles. The summed E-state index contributed by atoms with van der Waals surface area (Å²) in [7, 11) is 1.75. The number of amides is 1. The van der Waals surface area contributed by atoms with Crippen LogP contribution in [0.4, 0.5) is 5.82 Å². The summed E-state index contributed by atoms with van der Waals surface area (Å²) in [5.41, 5.74) is 0.0256. The number of nitrogens with one attached hydrogen (secondary N) is 2. The van der Waals surface area contributed by atoms with Gasteiger partial charge in [-0.15, -0.1) is 10.2 Å². The number of aromatic nitrogens is 2. The van der Waals surface area contributed by atoms with Crippen LogP contribution >= 0.6 is 0 Å². The monoisotopic (exact) mass is 236 g/mol. The Hall–Kier alpha value is -1.69. The van der Waals surface area contributed by atoms with Gasteiger partial charge in [-0.1, -0.05) is 0 Å². The molecule has 1 unspecified atom stereocenters. The van der Waals surface area contributed by atoms with E-state index in [1.165, 1.54) is 0 Å². The first kappa shape index (κ1) is 11.8. The van der Waals surface area contributed by atoms with Crippen molar-refractivity contribution in [3.05, 3.63) is 17.8 Å². The van der Waals surface area contributed by atoms with Gasteiger partial charge in [-0.2, -0.15) is 0 Å². The molecule has 6 heteroatoms. The largest absolute Gasteiger partial charge is 0.379 e. The Morgan fingerprint density at radius 2 is 2.29 bits per heavy atom.